The molecular formula is C34H50N2O6. The van der Waals surface area contributed by atoms with Crippen LogP contribution >= 0.6 is 0 Å². The van der Waals surface area contributed by atoms with E-state index in [9.17, 15) is 9.59 Å². The second-order valence-electron chi connectivity index (χ2n) is 12.0. The Kier molecular flexibility index (Phi) is 13.3. The minimum atomic E-state index is -0.0814. The van der Waals surface area contributed by atoms with Crippen molar-refractivity contribution in [2.24, 2.45) is 23.7 Å². The zero-order valence-corrected chi connectivity index (χ0v) is 26.3. The molecule has 0 heterocycles. The third-order valence-corrected chi connectivity index (χ3v) is 7.76. The molecule has 0 unspecified atom stereocenters. The maximum Gasteiger partial charge on any atom is 0.223 e. The smallest absolute Gasteiger partial charge is 0.223 e. The van der Waals surface area contributed by atoms with Crippen molar-refractivity contribution in [3.8, 4) is 23.0 Å². The van der Waals surface area contributed by atoms with E-state index >= 15 is 0 Å². The van der Waals surface area contributed by atoms with Crippen LogP contribution in [-0.4, -0.2) is 39.2 Å². The van der Waals surface area contributed by atoms with E-state index in [-0.39, 0.29) is 23.7 Å². The molecule has 1 fully saturated rings. The van der Waals surface area contributed by atoms with Gasteiger partial charge in [-0.1, -0.05) is 39.8 Å². The van der Waals surface area contributed by atoms with Crippen LogP contribution in [0, 0.1) is 23.7 Å². The molecule has 8 heteroatoms. The van der Waals surface area contributed by atoms with Gasteiger partial charge in [-0.3, -0.25) is 9.59 Å². The molecule has 42 heavy (non-hydrogen) atoms. The summed E-state index contributed by atoms with van der Waals surface area (Å²) in [5, 5.41) is 6.13. The molecule has 1 saturated carbocycles. The number of ether oxygens (including phenoxy) is 4. The maximum absolute atomic E-state index is 12.9. The highest BCUT2D eigenvalue weighted by atomic mass is 16.5. The highest BCUT2D eigenvalue weighted by Gasteiger charge is 2.29. The summed E-state index contributed by atoms with van der Waals surface area (Å²) in [5.41, 5.74) is 1.91. The Hall–Kier alpha value is -3.42. The van der Waals surface area contributed by atoms with E-state index in [0.717, 1.165) is 24.0 Å². The van der Waals surface area contributed by atoms with Crippen LogP contribution in [0.15, 0.2) is 36.4 Å². The van der Waals surface area contributed by atoms with Crippen molar-refractivity contribution >= 4 is 11.8 Å². The quantitative estimate of drug-likeness (QED) is 0.242. The predicted molar refractivity (Wildman–Crippen MR) is 165 cm³/mol. The minimum Gasteiger partial charge on any atom is -0.493 e. The summed E-state index contributed by atoms with van der Waals surface area (Å²) in [5.74, 6) is 3.82. The molecule has 0 radical (unpaired) electrons. The van der Waals surface area contributed by atoms with Crippen LogP contribution in [0.2, 0.25) is 0 Å². The fourth-order valence-corrected chi connectivity index (χ4v) is 4.98. The SMILES string of the molecule is COc1cc(CNC(=O)C2CCC(C(=O)NCc3ccc(OCCC(C)C)c(OC)c3)CC2)ccc1OCCC(C)C. The zero-order valence-electron chi connectivity index (χ0n) is 26.3. The first-order chi connectivity index (χ1) is 20.2. The Morgan fingerprint density at radius 3 is 1.38 bits per heavy atom. The molecule has 2 N–H and O–H groups in total. The van der Waals surface area contributed by atoms with E-state index in [1.165, 1.54) is 0 Å². The number of carbonyl (C=O) groups excluding carboxylic acids is 2. The summed E-state index contributed by atoms with van der Waals surface area (Å²) in [6, 6.07) is 11.5. The van der Waals surface area contributed by atoms with Crippen LogP contribution in [-0.2, 0) is 22.7 Å². The summed E-state index contributed by atoms with van der Waals surface area (Å²) >= 11 is 0. The lowest BCUT2D eigenvalue weighted by molar-refractivity contribution is -0.130. The van der Waals surface area contributed by atoms with Gasteiger partial charge in [0.2, 0.25) is 11.8 Å². The monoisotopic (exact) mass is 582 g/mol. The average Bonchev–Trinajstić information content (AvgIpc) is 2.99. The normalized spacial score (nSPS) is 16.7. The second-order valence-corrected chi connectivity index (χ2v) is 12.0. The van der Waals surface area contributed by atoms with Crippen LogP contribution in [0.25, 0.3) is 0 Å². The number of rotatable bonds is 16. The lowest BCUT2D eigenvalue weighted by atomic mass is 9.81. The van der Waals surface area contributed by atoms with Gasteiger partial charge in [-0.15, -0.1) is 0 Å². The highest BCUT2D eigenvalue weighted by Crippen LogP contribution is 2.31. The molecule has 0 spiro atoms. The van der Waals surface area contributed by atoms with Gasteiger partial charge < -0.3 is 29.6 Å². The van der Waals surface area contributed by atoms with Crippen LogP contribution in [0.1, 0.15) is 77.3 Å². The Labute approximate surface area is 251 Å². The van der Waals surface area contributed by atoms with Crippen molar-refractivity contribution in [1.82, 2.24) is 10.6 Å². The number of benzene rings is 2. The van der Waals surface area contributed by atoms with E-state index in [0.29, 0.717) is 86.8 Å². The van der Waals surface area contributed by atoms with E-state index < -0.39 is 0 Å². The van der Waals surface area contributed by atoms with Gasteiger partial charge in [-0.2, -0.15) is 0 Å². The second kappa shape index (κ2) is 16.9. The Balaban J connectivity index is 1.41. The van der Waals surface area contributed by atoms with Gasteiger partial charge in [0.25, 0.3) is 0 Å². The average molecular weight is 583 g/mol. The fraction of sp³-hybridized carbons (Fsp3) is 0.588. The van der Waals surface area contributed by atoms with E-state index in [1.807, 2.05) is 36.4 Å². The summed E-state index contributed by atoms with van der Waals surface area (Å²) in [7, 11) is 3.25. The number of amides is 2. The number of nitrogens with one attached hydrogen (secondary N) is 2. The fourth-order valence-electron chi connectivity index (χ4n) is 4.98. The Bertz CT molecular complexity index is 1050. The summed E-state index contributed by atoms with van der Waals surface area (Å²) in [6.07, 6.45) is 4.75. The first kappa shape index (κ1) is 33.1. The third-order valence-electron chi connectivity index (χ3n) is 7.76. The van der Waals surface area contributed by atoms with Crippen molar-refractivity contribution < 1.29 is 28.5 Å². The molecule has 1 aliphatic carbocycles. The van der Waals surface area contributed by atoms with Crippen LogP contribution in [0.3, 0.4) is 0 Å². The number of hydrogen-bond acceptors (Lipinski definition) is 6. The summed E-state index contributed by atoms with van der Waals surface area (Å²) in [6.45, 7) is 10.8. The maximum atomic E-state index is 12.9. The van der Waals surface area contributed by atoms with E-state index in [2.05, 4.69) is 38.3 Å². The molecule has 0 atom stereocenters. The topological polar surface area (TPSA) is 95.1 Å². The standard InChI is InChI=1S/C34H50N2O6/c1-23(2)15-17-41-29-13-7-25(19-31(29)39-5)21-35-33(37)27-9-11-28(12-10-27)34(38)36-22-26-8-14-30(32(20-26)40-6)42-18-16-24(3)4/h7-8,13-14,19-20,23-24,27-28H,9-12,15-18,21-22H2,1-6H3,(H,35,37)(H,36,38). The van der Waals surface area contributed by atoms with Crippen molar-refractivity contribution in [1.29, 1.82) is 0 Å². The largest absolute Gasteiger partial charge is 0.493 e. The van der Waals surface area contributed by atoms with Crippen molar-refractivity contribution in [2.45, 2.75) is 79.3 Å². The summed E-state index contributed by atoms with van der Waals surface area (Å²) in [4.78, 5) is 25.8. The molecule has 232 valence electrons. The minimum absolute atomic E-state index is 0.0351. The molecule has 3 rings (SSSR count). The molecular weight excluding hydrogens is 532 g/mol. The van der Waals surface area contributed by atoms with Crippen LogP contribution in [0.4, 0.5) is 0 Å². The molecule has 0 saturated heterocycles. The Morgan fingerprint density at radius 1 is 0.667 bits per heavy atom. The molecule has 2 aromatic carbocycles. The zero-order chi connectivity index (χ0) is 30.5. The van der Waals surface area contributed by atoms with Crippen molar-refractivity contribution in [3.05, 3.63) is 47.5 Å². The van der Waals surface area contributed by atoms with Gasteiger partial charge in [0.05, 0.1) is 27.4 Å². The van der Waals surface area contributed by atoms with Crippen LogP contribution < -0.4 is 29.6 Å². The molecule has 0 bridgehead atoms. The highest BCUT2D eigenvalue weighted by molar-refractivity contribution is 5.81. The van der Waals surface area contributed by atoms with Crippen molar-refractivity contribution in [3.63, 3.8) is 0 Å². The molecule has 8 nitrogen and oxygen atoms in total. The van der Waals surface area contributed by atoms with Gasteiger partial charge in [0.15, 0.2) is 23.0 Å². The molecule has 1 aliphatic rings. The molecule has 0 aromatic heterocycles. The molecule has 0 aliphatic heterocycles. The third kappa shape index (κ3) is 10.4. The number of carbonyl (C=O) groups is 2. The lowest BCUT2D eigenvalue weighted by Gasteiger charge is -2.27. The Morgan fingerprint density at radius 2 is 1.05 bits per heavy atom. The first-order valence-corrected chi connectivity index (χ1v) is 15.3. The van der Waals surface area contributed by atoms with Crippen LogP contribution in [0.5, 0.6) is 23.0 Å². The number of methoxy groups -OCH3 is 2. The van der Waals surface area contributed by atoms with E-state index in [4.69, 9.17) is 18.9 Å². The van der Waals surface area contributed by atoms with Crippen molar-refractivity contribution in [2.75, 3.05) is 27.4 Å². The predicted octanol–water partition coefficient (Wildman–Crippen LogP) is 6.29. The number of hydrogen-bond donors (Lipinski definition) is 2. The van der Waals surface area contributed by atoms with Gasteiger partial charge in [-0.25, -0.2) is 0 Å². The first-order valence-electron chi connectivity index (χ1n) is 15.3. The molecule has 2 amide bonds. The molecule has 2 aromatic rings. The van der Waals surface area contributed by atoms with Gasteiger partial charge in [0.1, 0.15) is 0 Å². The lowest BCUT2D eigenvalue weighted by Crippen LogP contribution is -2.37. The summed E-state index contributed by atoms with van der Waals surface area (Å²) < 4.78 is 22.7. The van der Waals surface area contributed by atoms with E-state index in [1.54, 1.807) is 14.2 Å². The van der Waals surface area contributed by atoms with Gasteiger partial charge >= 0.3 is 0 Å². The van der Waals surface area contributed by atoms with Gasteiger partial charge in [0, 0.05) is 24.9 Å². The van der Waals surface area contributed by atoms with Gasteiger partial charge in [-0.05, 0) is 85.8 Å².